The second kappa shape index (κ2) is 10.3. The van der Waals surface area contributed by atoms with Gasteiger partial charge in [-0.15, -0.1) is 0 Å². The molecule has 0 unspecified atom stereocenters. The highest BCUT2D eigenvalue weighted by atomic mass is 19.1. The molecule has 0 saturated carbocycles. The number of esters is 1. The fourth-order valence-electron chi connectivity index (χ4n) is 5.38. The highest BCUT2D eigenvalue weighted by molar-refractivity contribution is 5.89. The Morgan fingerprint density at radius 1 is 1.03 bits per heavy atom. The Labute approximate surface area is 224 Å². The van der Waals surface area contributed by atoms with Crippen molar-refractivity contribution >= 4 is 17.5 Å². The maximum atomic E-state index is 15.2. The number of para-hydroxylation sites is 1. The molecule has 0 bridgehead atoms. The lowest BCUT2D eigenvalue weighted by molar-refractivity contribution is 0.0374. The summed E-state index contributed by atoms with van der Waals surface area (Å²) in [5.74, 6) is 0.446. The molecule has 0 amide bonds. The molecule has 1 saturated heterocycles. The Morgan fingerprint density at radius 2 is 1.74 bits per heavy atom. The van der Waals surface area contributed by atoms with E-state index in [0.29, 0.717) is 17.9 Å². The smallest absolute Gasteiger partial charge is 0.339 e. The number of methoxy groups -OCH3 is 1. The first-order chi connectivity index (χ1) is 18.2. The number of benzene rings is 2. The van der Waals surface area contributed by atoms with E-state index in [1.54, 1.807) is 18.3 Å². The van der Waals surface area contributed by atoms with Gasteiger partial charge in [-0.3, -0.25) is 0 Å². The van der Waals surface area contributed by atoms with Gasteiger partial charge in [0.2, 0.25) is 0 Å². The molecule has 6 nitrogen and oxygen atoms in total. The molecular weight excluding hydrogens is 481 g/mol. The first-order valence-corrected chi connectivity index (χ1v) is 13.3. The van der Waals surface area contributed by atoms with Gasteiger partial charge in [0, 0.05) is 51.6 Å². The van der Waals surface area contributed by atoms with Gasteiger partial charge in [0.1, 0.15) is 11.4 Å². The summed E-state index contributed by atoms with van der Waals surface area (Å²) in [7, 11) is 1.36. The molecule has 7 heteroatoms. The minimum atomic E-state index is -0.440. The van der Waals surface area contributed by atoms with Crippen molar-refractivity contribution in [2.75, 3.05) is 36.5 Å². The van der Waals surface area contributed by atoms with Gasteiger partial charge in [0.15, 0.2) is 11.6 Å². The van der Waals surface area contributed by atoms with E-state index < -0.39 is 11.6 Å². The van der Waals surface area contributed by atoms with Gasteiger partial charge in [0.25, 0.3) is 0 Å². The van der Waals surface area contributed by atoms with Crippen molar-refractivity contribution in [2.24, 2.45) is 0 Å². The molecule has 2 aromatic carbocycles. The number of ether oxygens (including phenoxy) is 2. The van der Waals surface area contributed by atoms with Crippen LogP contribution >= 0.6 is 0 Å². The Bertz CT molecular complexity index is 1280. The maximum Gasteiger partial charge on any atom is 0.339 e. The molecule has 0 atom stereocenters. The summed E-state index contributed by atoms with van der Waals surface area (Å²) in [5.41, 5.74) is 3.39. The number of halogens is 1. The maximum absolute atomic E-state index is 15.2. The lowest BCUT2D eigenvalue weighted by Crippen LogP contribution is -2.49. The second-order valence-electron chi connectivity index (χ2n) is 11.4. The zero-order valence-electron chi connectivity index (χ0n) is 22.7. The summed E-state index contributed by atoms with van der Waals surface area (Å²) in [6.45, 7) is 9.60. The summed E-state index contributed by atoms with van der Waals surface area (Å²) in [6.07, 6.45) is 3.87. The summed E-state index contributed by atoms with van der Waals surface area (Å²) >= 11 is 0. The molecule has 0 aliphatic carbocycles. The number of aromatic nitrogens is 1. The molecule has 1 spiro atoms. The molecule has 0 radical (unpaired) electrons. The van der Waals surface area contributed by atoms with Crippen molar-refractivity contribution in [2.45, 2.75) is 57.6 Å². The SMILES string of the molecule is COC(=O)c1ccc(N2CCC3(CC2)CCN(Cc2ccc(C(C)(C)C)cc2)c2cccc(F)c2O3)nc1. The van der Waals surface area contributed by atoms with Crippen molar-refractivity contribution in [3.05, 3.63) is 83.3 Å². The molecule has 1 aromatic heterocycles. The number of pyridine rings is 1. The van der Waals surface area contributed by atoms with Gasteiger partial charge in [-0.1, -0.05) is 51.1 Å². The molecule has 2 aliphatic rings. The van der Waals surface area contributed by atoms with E-state index in [4.69, 9.17) is 9.47 Å². The average Bonchev–Trinajstić information content (AvgIpc) is 3.06. The topological polar surface area (TPSA) is 54.9 Å². The molecule has 38 heavy (non-hydrogen) atoms. The highest BCUT2D eigenvalue weighted by Gasteiger charge is 2.41. The van der Waals surface area contributed by atoms with E-state index in [0.717, 1.165) is 50.4 Å². The van der Waals surface area contributed by atoms with Crippen LogP contribution in [0.2, 0.25) is 0 Å². The fraction of sp³-hybridized carbons (Fsp3) is 0.419. The minimum Gasteiger partial charge on any atom is -0.482 e. The van der Waals surface area contributed by atoms with E-state index in [9.17, 15) is 4.79 Å². The third-order valence-corrected chi connectivity index (χ3v) is 7.80. The Morgan fingerprint density at radius 3 is 2.37 bits per heavy atom. The molecular formula is C31H36FN3O3. The molecule has 200 valence electrons. The molecule has 3 heterocycles. The molecule has 3 aromatic rings. The van der Waals surface area contributed by atoms with Crippen LogP contribution in [0.1, 0.15) is 61.5 Å². The van der Waals surface area contributed by atoms with E-state index in [2.05, 4.69) is 59.8 Å². The second-order valence-corrected chi connectivity index (χ2v) is 11.4. The van der Waals surface area contributed by atoms with Crippen LogP contribution in [0.4, 0.5) is 15.9 Å². The average molecular weight is 518 g/mol. The number of piperidine rings is 1. The van der Waals surface area contributed by atoms with Crippen LogP contribution < -0.4 is 14.5 Å². The lowest BCUT2D eigenvalue weighted by atomic mass is 9.86. The van der Waals surface area contributed by atoms with Crippen molar-refractivity contribution in [1.82, 2.24) is 4.98 Å². The fourth-order valence-corrected chi connectivity index (χ4v) is 5.38. The number of hydrogen-bond acceptors (Lipinski definition) is 6. The van der Waals surface area contributed by atoms with E-state index in [-0.39, 0.29) is 11.2 Å². The molecule has 1 fully saturated rings. The third-order valence-electron chi connectivity index (χ3n) is 7.80. The Balaban J connectivity index is 1.32. The quantitative estimate of drug-likeness (QED) is 0.388. The molecule has 0 N–H and O–H groups in total. The zero-order valence-corrected chi connectivity index (χ0v) is 22.7. The van der Waals surface area contributed by atoms with E-state index in [1.165, 1.54) is 24.3 Å². The first-order valence-electron chi connectivity index (χ1n) is 13.3. The van der Waals surface area contributed by atoms with Gasteiger partial charge in [0.05, 0.1) is 18.4 Å². The van der Waals surface area contributed by atoms with Gasteiger partial charge < -0.3 is 19.3 Å². The van der Waals surface area contributed by atoms with Crippen LogP contribution in [-0.4, -0.2) is 43.3 Å². The number of fused-ring (bicyclic) bond motifs is 1. The van der Waals surface area contributed by atoms with Crippen LogP contribution in [-0.2, 0) is 16.7 Å². The number of nitrogens with zero attached hydrogens (tertiary/aromatic N) is 3. The van der Waals surface area contributed by atoms with Gasteiger partial charge in [-0.05, 0) is 40.8 Å². The van der Waals surface area contributed by atoms with E-state index in [1.807, 2.05) is 12.1 Å². The number of rotatable bonds is 4. The minimum absolute atomic E-state index is 0.102. The third kappa shape index (κ3) is 5.33. The van der Waals surface area contributed by atoms with Crippen LogP contribution in [0.3, 0.4) is 0 Å². The van der Waals surface area contributed by atoms with Crippen LogP contribution in [0.15, 0.2) is 60.8 Å². The lowest BCUT2D eigenvalue weighted by Gasteiger charge is -2.41. The molecule has 5 rings (SSSR count). The van der Waals surface area contributed by atoms with Gasteiger partial charge in [-0.2, -0.15) is 0 Å². The summed E-state index contributed by atoms with van der Waals surface area (Å²) in [5, 5.41) is 0. The normalized spacial score (nSPS) is 17.0. The van der Waals surface area contributed by atoms with Gasteiger partial charge >= 0.3 is 5.97 Å². The van der Waals surface area contributed by atoms with Crippen molar-refractivity contribution < 1.29 is 18.7 Å². The van der Waals surface area contributed by atoms with E-state index >= 15 is 4.39 Å². The highest BCUT2D eigenvalue weighted by Crippen LogP contribution is 2.43. The number of carbonyl (C=O) groups excluding carboxylic acids is 1. The van der Waals surface area contributed by atoms with Crippen molar-refractivity contribution in [3.63, 3.8) is 0 Å². The van der Waals surface area contributed by atoms with Crippen LogP contribution in [0.5, 0.6) is 5.75 Å². The predicted molar refractivity (Wildman–Crippen MR) is 148 cm³/mol. The summed E-state index contributed by atoms with van der Waals surface area (Å²) < 4.78 is 26.5. The number of hydrogen-bond donors (Lipinski definition) is 0. The zero-order chi connectivity index (χ0) is 26.9. The van der Waals surface area contributed by atoms with Crippen LogP contribution in [0.25, 0.3) is 0 Å². The monoisotopic (exact) mass is 517 g/mol. The number of carbonyl (C=O) groups is 1. The summed E-state index contributed by atoms with van der Waals surface area (Å²) in [4.78, 5) is 20.6. The van der Waals surface area contributed by atoms with Crippen molar-refractivity contribution in [3.8, 4) is 5.75 Å². The first kappa shape index (κ1) is 26.0. The standard InChI is InChI=1S/C31H36FN3O3/c1-30(2,3)24-11-8-22(9-12-24)21-35-19-16-31(38-28-25(32)6-5-7-26(28)35)14-17-34(18-15-31)27-13-10-23(20-33-27)29(36)37-4/h5-13,20H,14-19,21H2,1-4H3. The Kier molecular flexibility index (Phi) is 7.03. The largest absolute Gasteiger partial charge is 0.482 e. The van der Waals surface area contributed by atoms with Gasteiger partial charge in [-0.25, -0.2) is 14.2 Å². The Hall–Kier alpha value is -3.61. The molecule has 2 aliphatic heterocycles. The number of anilines is 2. The predicted octanol–water partition coefficient (Wildman–Crippen LogP) is 6.13. The van der Waals surface area contributed by atoms with Crippen molar-refractivity contribution in [1.29, 1.82) is 0 Å². The van der Waals surface area contributed by atoms with Crippen LogP contribution in [0, 0.1) is 5.82 Å². The summed E-state index contributed by atoms with van der Waals surface area (Å²) in [6, 6.07) is 17.5.